The second-order valence-corrected chi connectivity index (χ2v) is 3.92. The molecule has 0 unspecified atom stereocenters. The molecule has 0 spiro atoms. The molecule has 0 saturated carbocycles. The largest absolute Gasteiger partial charge is 0.336 e. The number of hydrogen-bond donors (Lipinski definition) is 2. The predicted octanol–water partition coefficient (Wildman–Crippen LogP) is 0.741. The quantitative estimate of drug-likeness (QED) is 0.509. The number of urea groups is 2. The summed E-state index contributed by atoms with van der Waals surface area (Å²) in [6.45, 7) is 1.75. The molecule has 2 heterocycles. The summed E-state index contributed by atoms with van der Waals surface area (Å²) in [5, 5.41) is 3.43. The van der Waals surface area contributed by atoms with Crippen LogP contribution in [0.5, 0.6) is 0 Å². The molecule has 6 amide bonds. The molecule has 2 rings (SSSR count). The highest BCUT2D eigenvalue weighted by Gasteiger charge is 2.24. The Bertz CT molecular complexity index is 353. The standard InChI is InChI=1S/2C4H5ClN2O2/c2*5-3(8)7-2-1-6-4(7)9/h2*1-2H2,(H,6,9). The van der Waals surface area contributed by atoms with E-state index in [1.165, 1.54) is 0 Å². The molecule has 0 aromatic rings. The molecule has 8 nitrogen and oxygen atoms in total. The van der Waals surface area contributed by atoms with Crippen LogP contribution in [0.2, 0.25) is 0 Å². The Balaban J connectivity index is 0.000000180. The Morgan fingerprint density at radius 1 is 0.889 bits per heavy atom. The zero-order valence-electron chi connectivity index (χ0n) is 9.11. The van der Waals surface area contributed by atoms with Gasteiger partial charge < -0.3 is 10.6 Å². The summed E-state index contributed by atoms with van der Waals surface area (Å²) in [6, 6.07) is -0.815. The Morgan fingerprint density at radius 2 is 1.22 bits per heavy atom. The maximum absolute atomic E-state index is 10.5. The lowest BCUT2D eigenvalue weighted by Gasteiger charge is -2.04. The first-order chi connectivity index (χ1) is 8.43. The predicted molar refractivity (Wildman–Crippen MR) is 62.7 cm³/mol. The van der Waals surface area contributed by atoms with E-state index in [0.717, 1.165) is 9.80 Å². The van der Waals surface area contributed by atoms with E-state index in [9.17, 15) is 19.2 Å². The zero-order chi connectivity index (χ0) is 13.7. The second kappa shape index (κ2) is 6.41. The minimum Gasteiger partial charge on any atom is -0.336 e. The first kappa shape index (κ1) is 14.5. The maximum atomic E-state index is 10.5. The van der Waals surface area contributed by atoms with Gasteiger partial charge in [-0.3, -0.25) is 9.59 Å². The molecule has 10 heteroatoms. The molecular formula is C8H10Cl2N4O4. The summed E-state index contributed by atoms with van der Waals surface area (Å²) in [5.74, 6) is 0. The van der Waals surface area contributed by atoms with Crippen LogP contribution in [0, 0.1) is 0 Å². The molecule has 0 aromatic heterocycles. The number of halogens is 2. The highest BCUT2D eigenvalue weighted by Crippen LogP contribution is 2.01. The Hall–Kier alpha value is -1.54. The Kier molecular flexibility index (Phi) is 5.17. The highest BCUT2D eigenvalue weighted by molar-refractivity contribution is 6.64. The van der Waals surface area contributed by atoms with Crippen LogP contribution in [0.3, 0.4) is 0 Å². The molecule has 0 atom stereocenters. The summed E-state index contributed by atoms with van der Waals surface area (Å²) in [7, 11) is 0. The van der Waals surface area contributed by atoms with Crippen LogP contribution >= 0.6 is 23.2 Å². The smallest absolute Gasteiger partial charge is 0.325 e. The van der Waals surface area contributed by atoms with Gasteiger partial charge in [0.2, 0.25) is 0 Å². The molecule has 18 heavy (non-hydrogen) atoms. The van der Waals surface area contributed by atoms with Crippen molar-refractivity contribution >= 4 is 46.0 Å². The van der Waals surface area contributed by atoms with E-state index in [0.29, 0.717) is 26.2 Å². The van der Waals surface area contributed by atoms with Crippen molar-refractivity contribution in [1.82, 2.24) is 20.4 Å². The summed E-state index contributed by atoms with van der Waals surface area (Å²) in [5.41, 5.74) is 0. The minimum atomic E-state index is -0.718. The van der Waals surface area contributed by atoms with Crippen molar-refractivity contribution in [3.63, 3.8) is 0 Å². The monoisotopic (exact) mass is 296 g/mol. The number of carbonyl (C=O) groups is 4. The Morgan fingerprint density at radius 3 is 1.33 bits per heavy atom. The lowest BCUT2D eigenvalue weighted by atomic mass is 10.7. The van der Waals surface area contributed by atoms with E-state index < -0.39 is 22.8 Å². The summed E-state index contributed by atoms with van der Waals surface area (Å²) >= 11 is 10.0. The van der Waals surface area contributed by atoms with Gasteiger partial charge in [-0.25, -0.2) is 19.4 Å². The van der Waals surface area contributed by atoms with E-state index in [1.54, 1.807) is 0 Å². The lowest BCUT2D eigenvalue weighted by Crippen LogP contribution is -2.29. The van der Waals surface area contributed by atoms with Crippen molar-refractivity contribution in [2.75, 3.05) is 26.2 Å². The van der Waals surface area contributed by atoms with E-state index >= 15 is 0 Å². The van der Waals surface area contributed by atoms with E-state index in [2.05, 4.69) is 10.6 Å². The van der Waals surface area contributed by atoms with Gasteiger partial charge in [-0.15, -0.1) is 0 Å². The van der Waals surface area contributed by atoms with Gasteiger partial charge in [0.1, 0.15) is 0 Å². The third-order valence-corrected chi connectivity index (χ3v) is 2.55. The number of amides is 6. The SMILES string of the molecule is O=C(Cl)N1CCNC1=O.O=C(Cl)N1CCNC1=O. The lowest BCUT2D eigenvalue weighted by molar-refractivity contribution is 0.211. The van der Waals surface area contributed by atoms with Crippen molar-refractivity contribution < 1.29 is 19.2 Å². The van der Waals surface area contributed by atoms with Gasteiger partial charge in [-0.2, -0.15) is 0 Å². The molecule has 2 aliphatic rings. The van der Waals surface area contributed by atoms with Gasteiger partial charge in [-0.05, 0) is 23.2 Å². The van der Waals surface area contributed by atoms with Crippen LogP contribution in [0.4, 0.5) is 19.2 Å². The van der Waals surface area contributed by atoms with Crippen molar-refractivity contribution in [3.05, 3.63) is 0 Å². The van der Waals surface area contributed by atoms with E-state index in [1.807, 2.05) is 0 Å². The topological polar surface area (TPSA) is 98.8 Å². The number of imide groups is 2. The van der Waals surface area contributed by atoms with Crippen molar-refractivity contribution in [2.24, 2.45) is 0 Å². The van der Waals surface area contributed by atoms with Crippen LogP contribution in [0.1, 0.15) is 0 Å². The van der Waals surface area contributed by atoms with Crippen LogP contribution in [-0.2, 0) is 0 Å². The van der Waals surface area contributed by atoms with Gasteiger partial charge in [0.15, 0.2) is 0 Å². The first-order valence-electron chi connectivity index (χ1n) is 4.93. The fourth-order valence-corrected chi connectivity index (χ4v) is 1.60. The second-order valence-electron chi connectivity index (χ2n) is 3.27. The Labute approximate surface area is 112 Å². The molecule has 100 valence electrons. The van der Waals surface area contributed by atoms with Gasteiger partial charge in [-0.1, -0.05) is 0 Å². The molecule has 2 saturated heterocycles. The molecule has 0 bridgehead atoms. The summed E-state index contributed by atoms with van der Waals surface area (Å²) in [6.07, 6.45) is 0. The van der Waals surface area contributed by atoms with Crippen molar-refractivity contribution in [2.45, 2.75) is 0 Å². The summed E-state index contributed by atoms with van der Waals surface area (Å²) in [4.78, 5) is 43.5. The van der Waals surface area contributed by atoms with Crippen molar-refractivity contribution in [3.8, 4) is 0 Å². The number of nitrogens with zero attached hydrogens (tertiary/aromatic N) is 2. The molecule has 0 aliphatic carbocycles. The van der Waals surface area contributed by atoms with Crippen LogP contribution in [0.15, 0.2) is 0 Å². The van der Waals surface area contributed by atoms with Gasteiger partial charge in [0, 0.05) is 26.2 Å². The summed E-state index contributed by atoms with van der Waals surface area (Å²) < 4.78 is 0. The normalized spacial score (nSPS) is 17.9. The molecule has 0 aromatic carbocycles. The molecule has 2 aliphatic heterocycles. The molecular weight excluding hydrogens is 287 g/mol. The number of hydrogen-bond acceptors (Lipinski definition) is 4. The zero-order valence-corrected chi connectivity index (χ0v) is 10.6. The van der Waals surface area contributed by atoms with Crippen molar-refractivity contribution in [1.29, 1.82) is 0 Å². The van der Waals surface area contributed by atoms with Gasteiger partial charge >= 0.3 is 22.8 Å². The van der Waals surface area contributed by atoms with Crippen LogP contribution < -0.4 is 10.6 Å². The average Bonchev–Trinajstić information content (AvgIpc) is 2.87. The fourth-order valence-electron chi connectivity index (χ4n) is 1.28. The number of rotatable bonds is 0. The fraction of sp³-hybridized carbons (Fsp3) is 0.500. The molecule has 0 radical (unpaired) electrons. The minimum absolute atomic E-state index is 0.376. The van der Waals surface area contributed by atoms with E-state index in [-0.39, 0.29) is 0 Å². The maximum Gasteiger partial charge on any atom is 0.325 e. The third kappa shape index (κ3) is 3.74. The first-order valence-corrected chi connectivity index (χ1v) is 5.68. The number of nitrogens with one attached hydrogen (secondary N) is 2. The van der Waals surface area contributed by atoms with Crippen LogP contribution in [-0.4, -0.2) is 58.8 Å². The molecule has 2 N–H and O–H groups in total. The van der Waals surface area contributed by atoms with Gasteiger partial charge in [0.05, 0.1) is 0 Å². The highest BCUT2D eigenvalue weighted by atomic mass is 35.5. The van der Waals surface area contributed by atoms with E-state index in [4.69, 9.17) is 23.2 Å². The van der Waals surface area contributed by atoms with Gasteiger partial charge in [0.25, 0.3) is 0 Å². The number of carbonyl (C=O) groups excluding carboxylic acids is 4. The molecule has 2 fully saturated rings. The average molecular weight is 297 g/mol. The van der Waals surface area contributed by atoms with Crippen LogP contribution in [0.25, 0.3) is 0 Å². The third-order valence-electron chi connectivity index (χ3n) is 2.14.